The van der Waals surface area contributed by atoms with Crippen LogP contribution in [0, 0.1) is 0 Å². The number of anilines is 2. The molecule has 1 aliphatic heterocycles. The number of aryl methyl sites for hydroxylation is 2. The third kappa shape index (κ3) is 2.68. The van der Waals surface area contributed by atoms with E-state index in [2.05, 4.69) is 32.4 Å². The normalized spacial score (nSPS) is 13.4. The molecule has 5 nitrogen and oxygen atoms in total. The highest BCUT2D eigenvalue weighted by molar-refractivity contribution is 9.10. The van der Waals surface area contributed by atoms with Crippen LogP contribution in [0.2, 0.25) is 0 Å². The molecule has 0 aliphatic carbocycles. The first-order valence-electron chi connectivity index (χ1n) is 6.98. The molecule has 0 saturated heterocycles. The van der Waals surface area contributed by atoms with Crippen LogP contribution in [0.15, 0.2) is 28.9 Å². The van der Waals surface area contributed by atoms with E-state index in [9.17, 15) is 4.79 Å². The van der Waals surface area contributed by atoms with E-state index in [4.69, 9.17) is 0 Å². The number of hydrogen-bond acceptors (Lipinski definition) is 2. The number of aromatic nitrogens is 2. The molecule has 21 heavy (non-hydrogen) atoms. The van der Waals surface area contributed by atoms with E-state index in [-0.39, 0.29) is 6.03 Å². The van der Waals surface area contributed by atoms with Gasteiger partial charge in [-0.3, -0.25) is 9.58 Å². The Morgan fingerprint density at radius 2 is 2.29 bits per heavy atom. The van der Waals surface area contributed by atoms with Crippen molar-refractivity contribution in [3.8, 4) is 0 Å². The lowest BCUT2D eigenvalue weighted by atomic mass is 10.2. The summed E-state index contributed by atoms with van der Waals surface area (Å²) >= 11 is 3.46. The van der Waals surface area contributed by atoms with Gasteiger partial charge in [0.25, 0.3) is 0 Å². The summed E-state index contributed by atoms with van der Waals surface area (Å²) in [7, 11) is 1.86. The van der Waals surface area contributed by atoms with Gasteiger partial charge < -0.3 is 5.32 Å². The molecular weight excluding hydrogens is 332 g/mol. The molecule has 2 heterocycles. The van der Waals surface area contributed by atoms with Gasteiger partial charge in [0.15, 0.2) is 0 Å². The van der Waals surface area contributed by atoms with Gasteiger partial charge in [-0.25, -0.2) is 4.79 Å². The predicted molar refractivity (Wildman–Crippen MR) is 86.8 cm³/mol. The molecule has 0 atom stereocenters. The van der Waals surface area contributed by atoms with Crippen molar-refractivity contribution in [2.45, 2.75) is 19.8 Å². The maximum Gasteiger partial charge on any atom is 0.326 e. The maximum absolute atomic E-state index is 12.5. The highest BCUT2D eigenvalue weighted by atomic mass is 79.9. The van der Waals surface area contributed by atoms with Crippen molar-refractivity contribution in [3.63, 3.8) is 0 Å². The van der Waals surface area contributed by atoms with Crippen LogP contribution in [-0.2, 0) is 19.9 Å². The van der Waals surface area contributed by atoms with Crippen molar-refractivity contribution >= 4 is 33.3 Å². The van der Waals surface area contributed by atoms with E-state index in [1.54, 1.807) is 9.58 Å². The maximum atomic E-state index is 12.5. The molecule has 0 spiro atoms. The van der Waals surface area contributed by atoms with Gasteiger partial charge in [0.2, 0.25) is 0 Å². The lowest BCUT2D eigenvalue weighted by Gasteiger charge is -2.18. The Labute approximate surface area is 132 Å². The summed E-state index contributed by atoms with van der Waals surface area (Å²) in [5, 5.41) is 7.32. The highest BCUT2D eigenvalue weighted by Crippen LogP contribution is 2.31. The van der Waals surface area contributed by atoms with Crippen LogP contribution in [0.4, 0.5) is 16.2 Å². The average Bonchev–Trinajstić information content (AvgIpc) is 3.01. The predicted octanol–water partition coefficient (Wildman–Crippen LogP) is 3.34. The molecule has 1 N–H and O–H groups in total. The van der Waals surface area contributed by atoms with Crippen molar-refractivity contribution in [2.24, 2.45) is 7.05 Å². The molecule has 1 aromatic heterocycles. The standard InChI is InChI=1S/C15H17BrN4O/c1-3-12-13(9-19(2)18-12)17-15(21)20-7-6-10-4-5-11(16)8-14(10)20/h4-5,8-9H,3,6-7H2,1-2H3,(H,17,21). The molecular formula is C15H17BrN4O. The van der Waals surface area contributed by atoms with Gasteiger partial charge in [0, 0.05) is 29.9 Å². The second-order valence-electron chi connectivity index (χ2n) is 5.12. The zero-order valence-corrected chi connectivity index (χ0v) is 13.6. The van der Waals surface area contributed by atoms with Crippen LogP contribution in [0.3, 0.4) is 0 Å². The largest absolute Gasteiger partial charge is 0.326 e. The summed E-state index contributed by atoms with van der Waals surface area (Å²) in [5.41, 5.74) is 3.87. The van der Waals surface area contributed by atoms with Gasteiger partial charge in [-0.1, -0.05) is 28.9 Å². The smallest absolute Gasteiger partial charge is 0.304 e. The van der Waals surface area contributed by atoms with Gasteiger partial charge in [-0.05, 0) is 30.5 Å². The van der Waals surface area contributed by atoms with Gasteiger partial charge in [-0.2, -0.15) is 5.10 Å². The fourth-order valence-corrected chi connectivity index (χ4v) is 3.00. The van der Waals surface area contributed by atoms with E-state index in [0.717, 1.165) is 34.4 Å². The third-order valence-electron chi connectivity index (χ3n) is 3.67. The fourth-order valence-electron chi connectivity index (χ4n) is 2.65. The minimum absolute atomic E-state index is 0.102. The molecule has 2 amide bonds. The highest BCUT2D eigenvalue weighted by Gasteiger charge is 2.25. The number of amides is 2. The van der Waals surface area contributed by atoms with Gasteiger partial charge in [-0.15, -0.1) is 0 Å². The Balaban J connectivity index is 1.83. The van der Waals surface area contributed by atoms with Crippen LogP contribution in [0.1, 0.15) is 18.2 Å². The zero-order chi connectivity index (χ0) is 15.0. The Morgan fingerprint density at radius 3 is 3.05 bits per heavy atom. The quantitative estimate of drug-likeness (QED) is 0.904. The molecule has 0 saturated carbocycles. The van der Waals surface area contributed by atoms with Crippen LogP contribution in [0.5, 0.6) is 0 Å². The fraction of sp³-hybridized carbons (Fsp3) is 0.333. The van der Waals surface area contributed by atoms with Crippen LogP contribution >= 0.6 is 15.9 Å². The van der Waals surface area contributed by atoms with Crippen LogP contribution in [-0.4, -0.2) is 22.4 Å². The molecule has 0 unspecified atom stereocenters. The molecule has 1 aliphatic rings. The molecule has 2 aromatic rings. The van der Waals surface area contributed by atoms with Crippen LogP contribution in [0.25, 0.3) is 0 Å². The summed E-state index contributed by atoms with van der Waals surface area (Å²) in [6.45, 7) is 2.74. The number of carbonyl (C=O) groups excluding carboxylic acids is 1. The third-order valence-corrected chi connectivity index (χ3v) is 4.16. The van der Waals surface area contributed by atoms with E-state index < -0.39 is 0 Å². The summed E-state index contributed by atoms with van der Waals surface area (Å²) in [4.78, 5) is 14.3. The Bertz CT molecular complexity index is 695. The monoisotopic (exact) mass is 348 g/mol. The molecule has 0 radical (unpaired) electrons. The van der Waals surface area contributed by atoms with Gasteiger partial charge in [0.05, 0.1) is 11.4 Å². The van der Waals surface area contributed by atoms with Crippen molar-refractivity contribution < 1.29 is 4.79 Å². The topological polar surface area (TPSA) is 50.2 Å². The lowest BCUT2D eigenvalue weighted by molar-refractivity contribution is 0.257. The summed E-state index contributed by atoms with van der Waals surface area (Å²) in [6, 6.07) is 5.96. The number of carbonyl (C=O) groups is 1. The first kappa shape index (κ1) is 14.1. The van der Waals surface area contributed by atoms with Crippen molar-refractivity contribution in [1.82, 2.24) is 9.78 Å². The number of benzene rings is 1. The second kappa shape index (κ2) is 5.52. The van der Waals surface area contributed by atoms with E-state index in [0.29, 0.717) is 6.54 Å². The molecule has 0 fully saturated rings. The van der Waals surface area contributed by atoms with Gasteiger partial charge in [0.1, 0.15) is 0 Å². The van der Waals surface area contributed by atoms with Crippen molar-refractivity contribution in [2.75, 3.05) is 16.8 Å². The number of nitrogens with one attached hydrogen (secondary N) is 1. The Morgan fingerprint density at radius 1 is 1.48 bits per heavy atom. The summed E-state index contributed by atoms with van der Waals surface area (Å²) in [6.07, 6.45) is 3.52. The van der Waals surface area contributed by atoms with E-state index in [1.165, 1.54) is 5.56 Å². The number of hydrogen-bond donors (Lipinski definition) is 1. The van der Waals surface area contributed by atoms with Crippen molar-refractivity contribution in [3.05, 3.63) is 40.1 Å². The SMILES string of the molecule is CCc1nn(C)cc1NC(=O)N1CCc2ccc(Br)cc21. The first-order chi connectivity index (χ1) is 10.1. The summed E-state index contributed by atoms with van der Waals surface area (Å²) in [5.74, 6) is 0. The summed E-state index contributed by atoms with van der Waals surface area (Å²) < 4.78 is 2.71. The Kier molecular flexibility index (Phi) is 3.71. The van der Waals surface area contributed by atoms with E-state index >= 15 is 0 Å². The molecule has 110 valence electrons. The number of rotatable bonds is 2. The molecule has 1 aromatic carbocycles. The molecule has 6 heteroatoms. The first-order valence-corrected chi connectivity index (χ1v) is 7.77. The Hall–Kier alpha value is -1.82. The molecule has 3 rings (SSSR count). The van der Waals surface area contributed by atoms with Crippen molar-refractivity contribution in [1.29, 1.82) is 0 Å². The lowest BCUT2D eigenvalue weighted by Crippen LogP contribution is -2.33. The number of urea groups is 1. The van der Waals surface area contributed by atoms with E-state index in [1.807, 2.05) is 32.3 Å². The molecule has 0 bridgehead atoms. The minimum Gasteiger partial charge on any atom is -0.304 e. The second-order valence-corrected chi connectivity index (χ2v) is 6.04. The zero-order valence-electron chi connectivity index (χ0n) is 12.1. The number of halogens is 1. The van der Waals surface area contributed by atoms with Gasteiger partial charge >= 0.3 is 6.03 Å². The number of nitrogens with zero attached hydrogens (tertiary/aromatic N) is 3. The average molecular weight is 349 g/mol. The minimum atomic E-state index is -0.102. The number of fused-ring (bicyclic) bond motifs is 1. The van der Waals surface area contributed by atoms with Crippen LogP contribution < -0.4 is 10.2 Å².